The number of anilines is 2. The minimum Gasteiger partial charge on any atom is -0.441 e. The Bertz CT molecular complexity index is 1280. The van der Waals surface area contributed by atoms with E-state index in [9.17, 15) is 24.3 Å². The number of hydrogen-bond donors (Lipinski definition) is 2. The van der Waals surface area contributed by atoms with Gasteiger partial charge in [-0.05, 0) is 43.3 Å². The number of β-lactam (4-membered cyclic amide) rings is 1. The van der Waals surface area contributed by atoms with Crippen LogP contribution in [0.5, 0.6) is 0 Å². The Labute approximate surface area is 223 Å². The van der Waals surface area contributed by atoms with Crippen LogP contribution in [0.2, 0.25) is 18.6 Å². The number of ether oxygens (including phenoxy) is 2. The molecule has 3 aliphatic heterocycles. The smallest absolute Gasteiger partial charge is 0.304 e. The van der Waals surface area contributed by atoms with Crippen molar-refractivity contribution in [1.82, 2.24) is 0 Å². The van der Waals surface area contributed by atoms with Crippen LogP contribution in [0.4, 0.5) is 11.4 Å². The summed E-state index contributed by atoms with van der Waals surface area (Å²) < 4.78 is 11.8. The molecule has 2 saturated heterocycles. The molecular formula is C28H34N2O7Si. The largest absolute Gasteiger partial charge is 0.441 e. The van der Waals surface area contributed by atoms with Crippen molar-refractivity contribution in [2.24, 2.45) is 5.92 Å². The molecule has 2 N–H and O–H groups in total. The highest BCUT2D eigenvalue weighted by atomic mass is 28.4. The number of esters is 1. The van der Waals surface area contributed by atoms with Gasteiger partial charge in [-0.25, -0.2) is 0 Å². The standard InChI is InChI=1S/C28H34N2O7Si/c1-17-26(38(3,4)35)23(12-13-31)37-28(17)21-10-5-6-11-22(21)29(27(28)34)16-19-8-7-9-20(14-19)30-24(33)15-25(30)36-18(2)32/h5-11,14,17,23,25-26,31,35H,12-13,15-16H2,1-4H3/t17-,23+,25?,26-,28+/m0/s1. The summed E-state index contributed by atoms with van der Waals surface area (Å²) in [6.07, 6.45) is -0.580. The van der Waals surface area contributed by atoms with Gasteiger partial charge in [-0.2, -0.15) is 0 Å². The molecular weight excluding hydrogens is 504 g/mol. The number of aliphatic hydroxyl groups is 1. The first-order valence-corrected chi connectivity index (χ1v) is 16.0. The van der Waals surface area contributed by atoms with Crippen LogP contribution in [0.3, 0.4) is 0 Å². The molecule has 0 bridgehead atoms. The molecule has 1 spiro atoms. The minimum atomic E-state index is -2.75. The summed E-state index contributed by atoms with van der Waals surface area (Å²) >= 11 is 0. The lowest BCUT2D eigenvalue weighted by molar-refractivity contribution is -0.154. The number of carbonyl (C=O) groups is 3. The van der Waals surface area contributed by atoms with Crippen molar-refractivity contribution >= 4 is 37.5 Å². The molecule has 0 radical (unpaired) electrons. The van der Waals surface area contributed by atoms with Crippen LogP contribution >= 0.6 is 0 Å². The number of para-hydroxylation sites is 1. The van der Waals surface area contributed by atoms with Gasteiger partial charge in [-0.3, -0.25) is 19.3 Å². The maximum absolute atomic E-state index is 14.3. The van der Waals surface area contributed by atoms with Gasteiger partial charge in [-0.1, -0.05) is 37.3 Å². The molecule has 9 nitrogen and oxygen atoms in total. The summed E-state index contributed by atoms with van der Waals surface area (Å²) in [6, 6.07) is 14.9. The quantitative estimate of drug-likeness (QED) is 0.316. The first-order valence-electron chi connectivity index (χ1n) is 13.0. The third-order valence-corrected chi connectivity index (χ3v) is 10.5. The molecule has 38 heavy (non-hydrogen) atoms. The molecule has 5 rings (SSSR count). The number of benzene rings is 2. The van der Waals surface area contributed by atoms with E-state index < -0.39 is 32.2 Å². The number of aliphatic hydroxyl groups excluding tert-OH is 1. The lowest BCUT2D eigenvalue weighted by Crippen LogP contribution is -2.54. The summed E-state index contributed by atoms with van der Waals surface area (Å²) in [4.78, 5) is 52.4. The van der Waals surface area contributed by atoms with E-state index in [1.807, 2.05) is 62.5 Å². The van der Waals surface area contributed by atoms with Gasteiger partial charge in [0.05, 0.1) is 24.8 Å². The van der Waals surface area contributed by atoms with Gasteiger partial charge >= 0.3 is 5.97 Å². The van der Waals surface area contributed by atoms with Crippen molar-refractivity contribution in [2.75, 3.05) is 16.4 Å². The van der Waals surface area contributed by atoms with Gasteiger partial charge in [0.2, 0.25) is 5.91 Å². The number of hydrogen-bond acceptors (Lipinski definition) is 7. The van der Waals surface area contributed by atoms with Crippen molar-refractivity contribution in [3.8, 4) is 0 Å². The average molecular weight is 539 g/mol. The van der Waals surface area contributed by atoms with E-state index in [4.69, 9.17) is 9.47 Å². The molecule has 202 valence electrons. The maximum Gasteiger partial charge on any atom is 0.304 e. The van der Waals surface area contributed by atoms with Gasteiger partial charge in [0, 0.05) is 36.2 Å². The Morgan fingerprint density at radius 2 is 1.92 bits per heavy atom. The molecule has 0 aromatic heterocycles. The van der Waals surface area contributed by atoms with Crippen LogP contribution in [0, 0.1) is 5.92 Å². The first-order chi connectivity index (χ1) is 18.0. The zero-order chi connectivity index (χ0) is 27.4. The van der Waals surface area contributed by atoms with E-state index in [1.165, 1.54) is 11.8 Å². The zero-order valence-electron chi connectivity index (χ0n) is 22.1. The summed E-state index contributed by atoms with van der Waals surface area (Å²) in [5.74, 6) is -1.08. The first kappa shape index (κ1) is 26.5. The summed E-state index contributed by atoms with van der Waals surface area (Å²) in [7, 11) is -2.75. The predicted molar refractivity (Wildman–Crippen MR) is 143 cm³/mol. The van der Waals surface area contributed by atoms with E-state index in [0.29, 0.717) is 12.1 Å². The van der Waals surface area contributed by atoms with E-state index >= 15 is 0 Å². The molecule has 2 aromatic rings. The number of amides is 2. The van der Waals surface area contributed by atoms with Gasteiger partial charge < -0.3 is 24.3 Å². The molecule has 3 heterocycles. The van der Waals surface area contributed by atoms with E-state index in [1.54, 1.807) is 11.0 Å². The van der Waals surface area contributed by atoms with Crippen LogP contribution in [-0.2, 0) is 36.0 Å². The molecule has 2 amide bonds. The Balaban J connectivity index is 1.48. The molecule has 2 fully saturated rings. The van der Waals surface area contributed by atoms with E-state index in [2.05, 4.69) is 0 Å². The second-order valence-corrected chi connectivity index (χ2v) is 15.0. The van der Waals surface area contributed by atoms with Gasteiger partial charge in [0.25, 0.3) is 5.91 Å². The van der Waals surface area contributed by atoms with E-state index in [0.717, 1.165) is 16.8 Å². The summed E-state index contributed by atoms with van der Waals surface area (Å²) in [6.45, 7) is 7.15. The van der Waals surface area contributed by atoms with Crippen LogP contribution in [0.25, 0.3) is 0 Å². The Hall–Kier alpha value is -3.05. The molecule has 1 unspecified atom stereocenters. The van der Waals surface area contributed by atoms with Crippen LogP contribution in [0.15, 0.2) is 48.5 Å². The van der Waals surface area contributed by atoms with Crippen molar-refractivity contribution in [3.63, 3.8) is 0 Å². The number of carbonyl (C=O) groups excluding carboxylic acids is 3. The van der Waals surface area contributed by atoms with Gasteiger partial charge in [0.1, 0.15) is 0 Å². The third-order valence-electron chi connectivity index (χ3n) is 8.04. The van der Waals surface area contributed by atoms with Gasteiger partial charge in [-0.15, -0.1) is 0 Å². The number of fused-ring (bicyclic) bond motifs is 2. The monoisotopic (exact) mass is 538 g/mol. The summed E-state index contributed by atoms with van der Waals surface area (Å²) in [5, 5.41) is 9.72. The SMILES string of the molecule is CC(=O)OC1CC(=O)N1c1cccc(CN2C(=O)[C@]3(O[C@H](CCO)[C@@H]([Si](C)(C)O)[C@@H]3C)c3ccccc32)c1. The van der Waals surface area contributed by atoms with Crippen LogP contribution < -0.4 is 9.80 Å². The molecule has 0 aliphatic carbocycles. The highest BCUT2D eigenvalue weighted by Gasteiger charge is 2.66. The molecule has 5 atom stereocenters. The van der Waals surface area contributed by atoms with Crippen molar-refractivity contribution in [1.29, 1.82) is 0 Å². The highest BCUT2D eigenvalue weighted by Crippen LogP contribution is 2.59. The maximum atomic E-state index is 14.3. The molecule has 2 aromatic carbocycles. The number of rotatable bonds is 7. The van der Waals surface area contributed by atoms with Crippen molar-refractivity contribution in [3.05, 3.63) is 59.7 Å². The van der Waals surface area contributed by atoms with E-state index in [-0.39, 0.29) is 42.8 Å². The third kappa shape index (κ3) is 4.16. The van der Waals surface area contributed by atoms with Crippen molar-refractivity contribution in [2.45, 2.75) is 69.8 Å². The Morgan fingerprint density at radius 1 is 1.18 bits per heavy atom. The van der Waals surface area contributed by atoms with Crippen LogP contribution in [0.1, 0.15) is 37.8 Å². The highest BCUT2D eigenvalue weighted by molar-refractivity contribution is 6.71. The average Bonchev–Trinajstić information content (AvgIpc) is 3.26. The topological polar surface area (TPSA) is 117 Å². The predicted octanol–water partition coefficient (Wildman–Crippen LogP) is 3.04. The summed E-state index contributed by atoms with van der Waals surface area (Å²) in [5.41, 5.74) is 1.43. The fraction of sp³-hybridized carbons (Fsp3) is 0.464. The van der Waals surface area contributed by atoms with Gasteiger partial charge in [0.15, 0.2) is 20.1 Å². The lowest BCUT2D eigenvalue weighted by Gasteiger charge is -2.39. The molecule has 0 saturated carbocycles. The minimum absolute atomic E-state index is 0.0929. The normalized spacial score (nSPS) is 28.6. The fourth-order valence-corrected chi connectivity index (χ4v) is 9.16. The molecule has 10 heteroatoms. The molecule has 3 aliphatic rings. The fourth-order valence-electron chi connectivity index (χ4n) is 6.56. The van der Waals surface area contributed by atoms with Crippen LogP contribution in [-0.4, -0.2) is 54.9 Å². The van der Waals surface area contributed by atoms with Crippen molar-refractivity contribution < 1.29 is 33.8 Å². The Kier molecular flexibility index (Phi) is 6.71. The second-order valence-electron chi connectivity index (χ2n) is 11.0. The second kappa shape index (κ2) is 9.60. The number of nitrogens with zero attached hydrogens (tertiary/aromatic N) is 2. The lowest BCUT2D eigenvalue weighted by atomic mass is 9.82. The Morgan fingerprint density at radius 3 is 2.58 bits per heavy atom. The zero-order valence-corrected chi connectivity index (χ0v) is 23.1.